The normalized spacial score (nSPS) is 23.7. The van der Waals surface area contributed by atoms with Gasteiger partial charge in [0.1, 0.15) is 11.5 Å². The Labute approximate surface area is 97.3 Å². The minimum absolute atomic E-state index is 0.249. The standard InChI is InChI=1S/C14H20O2/c1-4-5-11-7-12(15)14-9(2)6-10(3)16-13(14)8-11/h7-10,15H,4-6H2,1-3H3/t9-,10-/m0/s1. The molecule has 0 radical (unpaired) electrons. The first-order chi connectivity index (χ1) is 7.61. The zero-order valence-corrected chi connectivity index (χ0v) is 10.3. The van der Waals surface area contributed by atoms with E-state index in [0.29, 0.717) is 11.7 Å². The molecular weight excluding hydrogens is 200 g/mol. The number of hydrogen-bond acceptors (Lipinski definition) is 2. The second-order valence-corrected chi connectivity index (χ2v) is 4.84. The second-order valence-electron chi connectivity index (χ2n) is 4.84. The average Bonchev–Trinajstić information content (AvgIpc) is 2.15. The van der Waals surface area contributed by atoms with Crippen molar-refractivity contribution < 1.29 is 9.84 Å². The minimum Gasteiger partial charge on any atom is -0.508 e. The van der Waals surface area contributed by atoms with Crippen molar-refractivity contribution in [1.82, 2.24) is 0 Å². The van der Waals surface area contributed by atoms with Crippen molar-refractivity contribution in [3.8, 4) is 11.5 Å². The average molecular weight is 220 g/mol. The second kappa shape index (κ2) is 4.36. The number of ether oxygens (including phenoxy) is 1. The maximum Gasteiger partial charge on any atom is 0.127 e. The number of benzene rings is 1. The molecule has 88 valence electrons. The van der Waals surface area contributed by atoms with Gasteiger partial charge in [-0.25, -0.2) is 0 Å². The fourth-order valence-electron chi connectivity index (χ4n) is 2.57. The SMILES string of the molecule is CCCc1cc(O)c2c(c1)O[C@@H](C)C[C@@H]2C. The summed E-state index contributed by atoms with van der Waals surface area (Å²) in [7, 11) is 0. The summed E-state index contributed by atoms with van der Waals surface area (Å²) in [6, 6.07) is 3.98. The Morgan fingerprint density at radius 1 is 1.38 bits per heavy atom. The van der Waals surface area contributed by atoms with Crippen molar-refractivity contribution in [2.75, 3.05) is 0 Å². The summed E-state index contributed by atoms with van der Waals surface area (Å²) in [6.45, 7) is 6.38. The van der Waals surface area contributed by atoms with E-state index in [0.717, 1.165) is 30.6 Å². The third kappa shape index (κ3) is 2.01. The van der Waals surface area contributed by atoms with Crippen LogP contribution in [-0.4, -0.2) is 11.2 Å². The van der Waals surface area contributed by atoms with Gasteiger partial charge in [-0.3, -0.25) is 0 Å². The van der Waals surface area contributed by atoms with Gasteiger partial charge in [0.05, 0.1) is 6.10 Å². The fourth-order valence-corrected chi connectivity index (χ4v) is 2.57. The molecular formula is C14H20O2. The van der Waals surface area contributed by atoms with Crippen LogP contribution in [0, 0.1) is 0 Å². The molecule has 1 aromatic carbocycles. The molecule has 0 aliphatic carbocycles. The number of phenolic OH excluding ortho intramolecular Hbond substituents is 1. The zero-order chi connectivity index (χ0) is 11.7. The summed E-state index contributed by atoms with van der Waals surface area (Å²) in [4.78, 5) is 0. The molecule has 0 spiro atoms. The van der Waals surface area contributed by atoms with Crippen LogP contribution in [0.4, 0.5) is 0 Å². The molecule has 1 heterocycles. The molecule has 2 heteroatoms. The summed E-state index contributed by atoms with van der Waals surface area (Å²) in [5.74, 6) is 1.67. The van der Waals surface area contributed by atoms with Crippen LogP contribution in [0.25, 0.3) is 0 Å². The molecule has 1 aliphatic rings. The Morgan fingerprint density at radius 2 is 2.12 bits per heavy atom. The van der Waals surface area contributed by atoms with Crippen LogP contribution in [0.1, 0.15) is 50.7 Å². The van der Waals surface area contributed by atoms with Gasteiger partial charge < -0.3 is 9.84 Å². The Bertz CT molecular complexity index is 385. The lowest BCUT2D eigenvalue weighted by Gasteiger charge is -2.29. The van der Waals surface area contributed by atoms with E-state index in [-0.39, 0.29) is 6.10 Å². The molecule has 0 saturated heterocycles. The Morgan fingerprint density at radius 3 is 2.81 bits per heavy atom. The van der Waals surface area contributed by atoms with Crippen LogP contribution in [0.2, 0.25) is 0 Å². The highest BCUT2D eigenvalue weighted by Crippen LogP contribution is 2.42. The molecule has 16 heavy (non-hydrogen) atoms. The van der Waals surface area contributed by atoms with Gasteiger partial charge in [0.15, 0.2) is 0 Å². The summed E-state index contributed by atoms with van der Waals surface area (Å²) in [5.41, 5.74) is 2.15. The molecule has 0 bridgehead atoms. The molecule has 1 aliphatic heterocycles. The molecule has 2 nitrogen and oxygen atoms in total. The van der Waals surface area contributed by atoms with E-state index in [1.807, 2.05) is 6.07 Å². The highest BCUT2D eigenvalue weighted by Gasteiger charge is 2.25. The van der Waals surface area contributed by atoms with Crippen molar-refractivity contribution in [3.63, 3.8) is 0 Å². The fraction of sp³-hybridized carbons (Fsp3) is 0.571. The van der Waals surface area contributed by atoms with Crippen LogP contribution in [0.5, 0.6) is 11.5 Å². The first-order valence-corrected chi connectivity index (χ1v) is 6.14. The van der Waals surface area contributed by atoms with Crippen molar-refractivity contribution in [2.24, 2.45) is 0 Å². The Kier molecular flexibility index (Phi) is 3.08. The maximum absolute atomic E-state index is 10.0. The maximum atomic E-state index is 10.0. The van der Waals surface area contributed by atoms with Crippen molar-refractivity contribution in [1.29, 1.82) is 0 Å². The number of aromatic hydroxyl groups is 1. The molecule has 2 atom stereocenters. The van der Waals surface area contributed by atoms with Gasteiger partial charge in [0.2, 0.25) is 0 Å². The molecule has 1 aromatic rings. The van der Waals surface area contributed by atoms with E-state index in [1.54, 1.807) is 0 Å². The monoisotopic (exact) mass is 220 g/mol. The van der Waals surface area contributed by atoms with Gasteiger partial charge in [-0.05, 0) is 43.4 Å². The first kappa shape index (κ1) is 11.3. The van der Waals surface area contributed by atoms with Gasteiger partial charge in [-0.15, -0.1) is 0 Å². The van der Waals surface area contributed by atoms with E-state index in [1.165, 1.54) is 5.56 Å². The lowest BCUT2D eigenvalue weighted by Crippen LogP contribution is -2.21. The number of aryl methyl sites for hydroxylation is 1. The molecule has 0 unspecified atom stereocenters. The zero-order valence-electron chi connectivity index (χ0n) is 10.3. The van der Waals surface area contributed by atoms with E-state index >= 15 is 0 Å². The lowest BCUT2D eigenvalue weighted by atomic mass is 9.90. The lowest BCUT2D eigenvalue weighted by molar-refractivity contribution is 0.177. The number of rotatable bonds is 2. The molecule has 2 rings (SSSR count). The summed E-state index contributed by atoms with van der Waals surface area (Å²) >= 11 is 0. The van der Waals surface area contributed by atoms with Crippen LogP contribution in [0.3, 0.4) is 0 Å². The van der Waals surface area contributed by atoms with Crippen LogP contribution in [0.15, 0.2) is 12.1 Å². The minimum atomic E-state index is 0.249. The van der Waals surface area contributed by atoms with Crippen molar-refractivity contribution >= 4 is 0 Å². The highest BCUT2D eigenvalue weighted by atomic mass is 16.5. The van der Waals surface area contributed by atoms with E-state index in [9.17, 15) is 5.11 Å². The third-order valence-corrected chi connectivity index (χ3v) is 3.23. The van der Waals surface area contributed by atoms with Gasteiger partial charge in [0.25, 0.3) is 0 Å². The highest BCUT2D eigenvalue weighted by molar-refractivity contribution is 5.50. The molecule has 0 amide bonds. The Balaban J connectivity index is 2.42. The smallest absolute Gasteiger partial charge is 0.127 e. The van der Waals surface area contributed by atoms with Crippen LogP contribution < -0.4 is 4.74 Å². The largest absolute Gasteiger partial charge is 0.508 e. The van der Waals surface area contributed by atoms with E-state index in [4.69, 9.17) is 4.74 Å². The van der Waals surface area contributed by atoms with Gasteiger partial charge >= 0.3 is 0 Å². The number of hydrogen-bond donors (Lipinski definition) is 1. The van der Waals surface area contributed by atoms with Crippen molar-refractivity contribution in [2.45, 2.75) is 52.1 Å². The molecule has 0 saturated carbocycles. The van der Waals surface area contributed by atoms with Gasteiger partial charge in [-0.2, -0.15) is 0 Å². The molecule has 1 N–H and O–H groups in total. The van der Waals surface area contributed by atoms with Crippen LogP contribution in [-0.2, 0) is 6.42 Å². The van der Waals surface area contributed by atoms with Gasteiger partial charge in [0, 0.05) is 5.56 Å². The number of fused-ring (bicyclic) bond motifs is 1. The summed E-state index contributed by atoms with van der Waals surface area (Å²) in [5, 5.41) is 10.0. The van der Waals surface area contributed by atoms with E-state index in [2.05, 4.69) is 26.8 Å². The summed E-state index contributed by atoms with van der Waals surface area (Å²) in [6.07, 6.45) is 3.31. The molecule has 0 fully saturated rings. The quantitative estimate of drug-likeness (QED) is 0.824. The summed E-state index contributed by atoms with van der Waals surface area (Å²) < 4.78 is 5.81. The van der Waals surface area contributed by atoms with Crippen LogP contribution >= 0.6 is 0 Å². The first-order valence-electron chi connectivity index (χ1n) is 6.14. The predicted octanol–water partition coefficient (Wildman–Crippen LogP) is 3.62. The van der Waals surface area contributed by atoms with Gasteiger partial charge in [-0.1, -0.05) is 20.3 Å². The molecule has 0 aromatic heterocycles. The predicted molar refractivity (Wildman–Crippen MR) is 65.2 cm³/mol. The third-order valence-electron chi connectivity index (χ3n) is 3.23. The number of phenols is 1. The van der Waals surface area contributed by atoms with E-state index < -0.39 is 0 Å². The Hall–Kier alpha value is -1.18. The topological polar surface area (TPSA) is 29.5 Å². The van der Waals surface area contributed by atoms with Crippen molar-refractivity contribution in [3.05, 3.63) is 23.3 Å².